The van der Waals surface area contributed by atoms with Gasteiger partial charge in [-0.05, 0) is 87.8 Å². The molecule has 1 aromatic carbocycles. The van der Waals surface area contributed by atoms with Gasteiger partial charge in [0.25, 0.3) is 0 Å². The number of hydrogen-bond donors (Lipinski definition) is 12. The van der Waals surface area contributed by atoms with E-state index in [-0.39, 0.29) is 31.2 Å². The Balaban J connectivity index is 3.22. The summed E-state index contributed by atoms with van der Waals surface area (Å²) in [6.45, 7) is 11.3. The first-order valence-corrected chi connectivity index (χ1v) is 22.4. The van der Waals surface area contributed by atoms with Crippen LogP contribution in [0.3, 0.4) is 0 Å². The zero-order valence-electron chi connectivity index (χ0n) is 38.5. The Morgan fingerprint density at radius 1 is 0.656 bits per heavy atom. The molecule has 1 aromatic rings. The Labute approximate surface area is 377 Å². The third-order valence-electron chi connectivity index (χ3n) is 10.7. The summed E-state index contributed by atoms with van der Waals surface area (Å²) in [5.74, 6) is -7.03. The van der Waals surface area contributed by atoms with Crippen LogP contribution in [0.25, 0.3) is 0 Å². The highest BCUT2D eigenvalue weighted by Crippen LogP contribution is 2.14. The first-order chi connectivity index (χ1) is 30.2. The molecule has 64 heavy (non-hydrogen) atoms. The highest BCUT2D eigenvalue weighted by Gasteiger charge is 2.35. The van der Waals surface area contributed by atoms with Crippen LogP contribution in [0.15, 0.2) is 30.3 Å². The highest BCUT2D eigenvalue weighted by molar-refractivity contribution is 5.95. The lowest BCUT2D eigenvalue weighted by Gasteiger charge is -2.30. The third-order valence-corrected chi connectivity index (χ3v) is 10.7. The van der Waals surface area contributed by atoms with E-state index < -0.39 is 109 Å². The highest BCUT2D eigenvalue weighted by atomic mass is 16.4. The minimum atomic E-state index is -1.39. The topological polar surface area (TPSA) is 339 Å². The second-order valence-corrected chi connectivity index (χ2v) is 17.1. The van der Waals surface area contributed by atoms with Gasteiger partial charge >= 0.3 is 11.9 Å². The quantitative estimate of drug-likeness (QED) is 0.0401. The molecular formula is C44H76N10O10. The molecule has 0 unspecified atom stereocenters. The SMILES string of the molecule is CC[C@H](C)[C@H](NC(=O)[C@H](CC(C)C)NC[C@H](Cc1ccccc1)NC(=O)CNC(=O)[C@H](CCCCN)NC(=O)[C@@H](N)CC(=O)O)C(=O)N[C@H](C(=O)N[C@@H](CCCCN)C(=O)O)C(C)C. The molecule has 6 amide bonds. The van der Waals surface area contributed by atoms with E-state index in [1.54, 1.807) is 20.8 Å². The molecule has 20 heteroatoms. The summed E-state index contributed by atoms with van der Waals surface area (Å²) in [6.07, 6.45) is 3.01. The fourth-order valence-electron chi connectivity index (χ4n) is 6.75. The van der Waals surface area contributed by atoms with Crippen molar-refractivity contribution in [3.8, 4) is 0 Å². The molecule has 0 spiro atoms. The molecule has 0 saturated heterocycles. The number of carboxylic acid groups (broad SMARTS) is 2. The van der Waals surface area contributed by atoms with Gasteiger partial charge in [0.05, 0.1) is 25.0 Å². The average Bonchev–Trinajstić information content (AvgIpc) is 3.23. The smallest absolute Gasteiger partial charge is 0.326 e. The van der Waals surface area contributed by atoms with E-state index in [1.165, 1.54) is 0 Å². The van der Waals surface area contributed by atoms with Crippen molar-refractivity contribution in [2.45, 2.75) is 148 Å². The van der Waals surface area contributed by atoms with E-state index in [9.17, 15) is 43.5 Å². The summed E-state index contributed by atoms with van der Waals surface area (Å²) in [7, 11) is 0. The molecule has 15 N–H and O–H groups in total. The number of carboxylic acids is 2. The van der Waals surface area contributed by atoms with Crippen molar-refractivity contribution in [3.63, 3.8) is 0 Å². The third kappa shape index (κ3) is 22.4. The van der Waals surface area contributed by atoms with Crippen LogP contribution < -0.4 is 54.4 Å². The van der Waals surface area contributed by atoms with Gasteiger partial charge in [0.2, 0.25) is 35.4 Å². The van der Waals surface area contributed by atoms with E-state index in [4.69, 9.17) is 22.3 Å². The molecule has 0 radical (unpaired) electrons. The minimum Gasteiger partial charge on any atom is -0.481 e. The molecule has 0 aliphatic carbocycles. The van der Waals surface area contributed by atoms with Crippen LogP contribution in [0, 0.1) is 17.8 Å². The number of hydrogen-bond acceptors (Lipinski definition) is 12. The number of rotatable bonds is 33. The summed E-state index contributed by atoms with van der Waals surface area (Å²) in [6, 6.07) is 2.10. The fraction of sp³-hybridized carbons (Fsp3) is 0.682. The average molecular weight is 905 g/mol. The summed E-state index contributed by atoms with van der Waals surface area (Å²) in [5, 5.41) is 38.2. The Hall–Kier alpha value is -5.18. The summed E-state index contributed by atoms with van der Waals surface area (Å²) in [4.78, 5) is 104. The van der Waals surface area contributed by atoms with Crippen LogP contribution in [-0.2, 0) is 44.8 Å². The maximum atomic E-state index is 14.1. The van der Waals surface area contributed by atoms with Crippen LogP contribution in [0.4, 0.5) is 0 Å². The number of carbonyl (C=O) groups is 8. The van der Waals surface area contributed by atoms with Gasteiger partial charge in [0, 0.05) is 12.6 Å². The molecule has 1 rings (SSSR count). The molecule has 0 saturated carbocycles. The molecule has 8 atom stereocenters. The van der Waals surface area contributed by atoms with Gasteiger partial charge < -0.3 is 64.6 Å². The normalized spacial score (nSPS) is 15.0. The molecule has 362 valence electrons. The molecule has 20 nitrogen and oxygen atoms in total. The number of carbonyl (C=O) groups excluding carboxylic acids is 6. The van der Waals surface area contributed by atoms with Gasteiger partial charge in [-0.1, -0.05) is 78.3 Å². The van der Waals surface area contributed by atoms with E-state index in [1.807, 2.05) is 51.1 Å². The van der Waals surface area contributed by atoms with Gasteiger partial charge in [-0.3, -0.25) is 33.6 Å². The first kappa shape index (κ1) is 56.8. The molecule has 0 aliphatic heterocycles. The number of nitrogens with two attached hydrogens (primary N) is 3. The van der Waals surface area contributed by atoms with Crippen molar-refractivity contribution in [1.82, 2.24) is 37.2 Å². The Bertz CT molecular complexity index is 1630. The molecule has 0 heterocycles. The predicted molar refractivity (Wildman–Crippen MR) is 242 cm³/mol. The monoisotopic (exact) mass is 905 g/mol. The Kier molecular flexibility index (Phi) is 27.4. The van der Waals surface area contributed by atoms with Gasteiger partial charge in [-0.2, -0.15) is 0 Å². The lowest BCUT2D eigenvalue weighted by atomic mass is 9.95. The van der Waals surface area contributed by atoms with E-state index in [0.29, 0.717) is 58.0 Å². The van der Waals surface area contributed by atoms with E-state index >= 15 is 0 Å². The Morgan fingerprint density at radius 3 is 1.75 bits per heavy atom. The van der Waals surface area contributed by atoms with Gasteiger partial charge in [0.15, 0.2) is 0 Å². The number of benzene rings is 1. The maximum absolute atomic E-state index is 14.1. The van der Waals surface area contributed by atoms with Crippen molar-refractivity contribution in [3.05, 3.63) is 35.9 Å². The maximum Gasteiger partial charge on any atom is 0.326 e. The largest absolute Gasteiger partial charge is 0.481 e. The fourth-order valence-corrected chi connectivity index (χ4v) is 6.75. The zero-order valence-corrected chi connectivity index (χ0v) is 38.5. The minimum absolute atomic E-state index is 0.0227. The van der Waals surface area contributed by atoms with E-state index in [0.717, 1.165) is 5.56 Å². The summed E-state index contributed by atoms with van der Waals surface area (Å²) < 4.78 is 0. The van der Waals surface area contributed by atoms with Gasteiger partial charge in [0.1, 0.15) is 24.2 Å². The predicted octanol–water partition coefficient (Wildman–Crippen LogP) is -0.380. The molecular weight excluding hydrogens is 829 g/mol. The van der Waals surface area contributed by atoms with Crippen molar-refractivity contribution in [2.75, 3.05) is 26.2 Å². The molecule has 0 aliphatic rings. The number of nitrogens with one attached hydrogen (secondary N) is 7. The van der Waals surface area contributed by atoms with Crippen molar-refractivity contribution >= 4 is 47.4 Å². The van der Waals surface area contributed by atoms with Crippen LogP contribution in [-0.4, -0.2) is 126 Å². The lowest BCUT2D eigenvalue weighted by Crippen LogP contribution is -2.60. The lowest BCUT2D eigenvalue weighted by molar-refractivity contribution is -0.143. The van der Waals surface area contributed by atoms with Crippen molar-refractivity contribution in [2.24, 2.45) is 35.0 Å². The molecule has 0 aromatic heterocycles. The van der Waals surface area contributed by atoms with Crippen molar-refractivity contribution in [1.29, 1.82) is 0 Å². The van der Waals surface area contributed by atoms with Crippen LogP contribution in [0.5, 0.6) is 0 Å². The molecule has 0 bridgehead atoms. The second kappa shape index (κ2) is 30.8. The van der Waals surface area contributed by atoms with Crippen LogP contribution in [0.1, 0.15) is 105 Å². The Morgan fingerprint density at radius 2 is 1.22 bits per heavy atom. The van der Waals surface area contributed by atoms with Crippen LogP contribution >= 0.6 is 0 Å². The van der Waals surface area contributed by atoms with Crippen molar-refractivity contribution < 1.29 is 48.6 Å². The standard InChI is InChI=1S/C44H76N10O10/c1-7-28(6)38(43(62)53-37(27(4)5)42(61)52-33(44(63)64)18-12-14-20-46)54-41(60)34(21-26(2)3)48-24-30(22-29-15-9-8-10-16-29)50-35(55)25-49-40(59)32(17-11-13-19-45)51-39(58)31(47)23-36(56)57/h8-10,15-16,26-28,30-34,37-38,48H,7,11-14,17-25,45-47H2,1-6H3,(H,49,59)(H,50,55)(H,51,58)(H,52,61)(H,53,62)(H,54,60)(H,56,57)(H,63,64)/t28-,30-,31-,32-,33-,34-,37-,38-/m0/s1. The molecule has 0 fully saturated rings. The number of unbranched alkanes of at least 4 members (excludes halogenated alkanes) is 2. The second-order valence-electron chi connectivity index (χ2n) is 17.1. The van der Waals surface area contributed by atoms with Crippen LogP contribution in [0.2, 0.25) is 0 Å². The zero-order chi connectivity index (χ0) is 48.4. The summed E-state index contributed by atoms with van der Waals surface area (Å²) >= 11 is 0. The first-order valence-electron chi connectivity index (χ1n) is 22.4. The van der Waals surface area contributed by atoms with E-state index in [2.05, 4.69) is 37.2 Å². The summed E-state index contributed by atoms with van der Waals surface area (Å²) in [5.41, 5.74) is 17.7. The number of aliphatic carboxylic acids is 2. The van der Waals surface area contributed by atoms with Gasteiger partial charge in [-0.15, -0.1) is 0 Å². The number of amides is 6. The van der Waals surface area contributed by atoms with Gasteiger partial charge in [-0.25, -0.2) is 4.79 Å².